The molecule has 0 aliphatic carbocycles. The Bertz CT molecular complexity index is 142. The second-order valence-electron chi connectivity index (χ2n) is 2.06. The fraction of sp³-hybridized carbons (Fsp3) is 0.833. The van der Waals surface area contributed by atoms with Crippen LogP contribution in [0.2, 0.25) is 0 Å². The average molecular weight is 178 g/mol. The van der Waals surface area contributed by atoms with Crippen LogP contribution in [0.3, 0.4) is 0 Å². The molecule has 0 atom stereocenters. The summed E-state index contributed by atoms with van der Waals surface area (Å²) in [6, 6.07) is -0.457. The highest BCUT2D eigenvalue weighted by atomic mass is 16.7. The van der Waals surface area contributed by atoms with E-state index in [2.05, 4.69) is 9.57 Å². The van der Waals surface area contributed by atoms with E-state index < -0.39 is 12.8 Å². The van der Waals surface area contributed by atoms with Gasteiger partial charge in [-0.3, -0.25) is 9.74 Å². The molecular weight excluding hydrogens is 164 g/mol. The number of carbonyl (C=O) groups is 1. The summed E-state index contributed by atoms with van der Waals surface area (Å²) < 4.78 is 4.67. The molecule has 0 fully saturated rings. The monoisotopic (exact) mass is 178 g/mol. The molecule has 0 saturated carbocycles. The van der Waals surface area contributed by atoms with Gasteiger partial charge in [0.1, 0.15) is 13.5 Å². The van der Waals surface area contributed by atoms with Crippen LogP contribution in [-0.4, -0.2) is 55.8 Å². The predicted octanol–water partition coefficient (Wildman–Crippen LogP) is -0.545. The lowest BCUT2D eigenvalue weighted by Gasteiger charge is -2.23. The third-order valence-electron chi connectivity index (χ3n) is 1.27. The zero-order valence-corrected chi connectivity index (χ0v) is 7.48. The van der Waals surface area contributed by atoms with Gasteiger partial charge in [0.2, 0.25) is 0 Å². The molecule has 0 heterocycles. The van der Waals surface area contributed by atoms with Gasteiger partial charge in [-0.2, -0.15) is 0 Å². The van der Waals surface area contributed by atoms with Crippen LogP contribution < -0.4 is 0 Å². The predicted molar refractivity (Wildman–Crippen MR) is 41.0 cm³/mol. The van der Waals surface area contributed by atoms with Crippen molar-refractivity contribution in [1.82, 2.24) is 9.96 Å². The Morgan fingerprint density at radius 3 is 2.42 bits per heavy atom. The van der Waals surface area contributed by atoms with Gasteiger partial charge in [-0.05, 0) is 0 Å². The molecule has 0 aromatic carbocycles. The van der Waals surface area contributed by atoms with Crippen LogP contribution in [0.1, 0.15) is 0 Å². The van der Waals surface area contributed by atoms with Gasteiger partial charge in [0.05, 0.1) is 7.11 Å². The van der Waals surface area contributed by atoms with Crippen LogP contribution in [0.4, 0.5) is 4.79 Å². The Labute approximate surface area is 71.2 Å². The smallest absolute Gasteiger partial charge is 0.347 e. The van der Waals surface area contributed by atoms with Crippen molar-refractivity contribution in [3.63, 3.8) is 0 Å². The topological polar surface area (TPSA) is 62.2 Å². The fourth-order valence-electron chi connectivity index (χ4n) is 0.590. The van der Waals surface area contributed by atoms with Crippen molar-refractivity contribution in [1.29, 1.82) is 0 Å². The van der Waals surface area contributed by atoms with Gasteiger partial charge >= 0.3 is 6.03 Å². The Balaban J connectivity index is 4.01. The van der Waals surface area contributed by atoms with E-state index in [1.165, 1.54) is 21.3 Å². The third kappa shape index (κ3) is 3.04. The number of methoxy groups -OCH3 is 1. The molecule has 6 heteroatoms. The maximum Gasteiger partial charge on any atom is 0.347 e. The minimum atomic E-state index is -0.457. The minimum Gasteiger partial charge on any atom is -0.376 e. The molecule has 0 aromatic rings. The van der Waals surface area contributed by atoms with E-state index in [1.807, 2.05) is 0 Å². The van der Waals surface area contributed by atoms with Crippen molar-refractivity contribution in [3.8, 4) is 0 Å². The van der Waals surface area contributed by atoms with Gasteiger partial charge in [0.25, 0.3) is 0 Å². The molecule has 72 valence electrons. The van der Waals surface area contributed by atoms with Crippen molar-refractivity contribution in [2.24, 2.45) is 0 Å². The van der Waals surface area contributed by atoms with Gasteiger partial charge in [-0.25, -0.2) is 9.86 Å². The summed E-state index contributed by atoms with van der Waals surface area (Å²) in [5.74, 6) is 0. The van der Waals surface area contributed by atoms with E-state index in [0.29, 0.717) is 0 Å². The Hall–Kier alpha value is -0.850. The molecular formula is C6H14N2O4. The normalized spacial score (nSPS) is 9.67. The number of ether oxygens (including phenoxy) is 1. The molecule has 12 heavy (non-hydrogen) atoms. The molecule has 6 nitrogen and oxygen atoms in total. The molecule has 2 amide bonds. The lowest BCUT2D eigenvalue weighted by molar-refractivity contribution is -0.0910. The van der Waals surface area contributed by atoms with Crippen molar-refractivity contribution < 1.29 is 19.5 Å². The van der Waals surface area contributed by atoms with Crippen molar-refractivity contribution in [2.45, 2.75) is 0 Å². The minimum absolute atomic E-state index is 0.0308. The first-order valence-electron chi connectivity index (χ1n) is 3.33. The zero-order valence-electron chi connectivity index (χ0n) is 7.48. The van der Waals surface area contributed by atoms with E-state index in [-0.39, 0.29) is 6.73 Å². The van der Waals surface area contributed by atoms with Gasteiger partial charge in [0.15, 0.2) is 0 Å². The van der Waals surface area contributed by atoms with Gasteiger partial charge in [-0.1, -0.05) is 0 Å². The van der Waals surface area contributed by atoms with E-state index in [9.17, 15) is 4.79 Å². The summed E-state index contributed by atoms with van der Waals surface area (Å²) in [5.41, 5.74) is 0. The zero-order chi connectivity index (χ0) is 9.56. The lowest BCUT2D eigenvalue weighted by Crippen LogP contribution is -2.42. The SMILES string of the molecule is COCN(CO)C(=O)N(C)OC. The number of aliphatic hydroxyl groups is 1. The molecule has 0 aromatic heterocycles. The van der Waals surface area contributed by atoms with Gasteiger partial charge in [0, 0.05) is 14.2 Å². The number of urea groups is 1. The Morgan fingerprint density at radius 2 is 2.08 bits per heavy atom. The highest BCUT2D eigenvalue weighted by Crippen LogP contribution is 1.95. The molecule has 0 rings (SSSR count). The summed E-state index contributed by atoms with van der Waals surface area (Å²) in [5, 5.41) is 9.71. The van der Waals surface area contributed by atoms with Crippen LogP contribution in [0.25, 0.3) is 0 Å². The van der Waals surface area contributed by atoms with Crippen LogP contribution in [0, 0.1) is 0 Å². The van der Waals surface area contributed by atoms with E-state index in [0.717, 1.165) is 9.96 Å². The second-order valence-corrected chi connectivity index (χ2v) is 2.06. The summed E-state index contributed by atoms with van der Waals surface area (Å²) in [6.07, 6.45) is 0. The second kappa shape index (κ2) is 5.76. The number of hydroxylamine groups is 2. The van der Waals surface area contributed by atoms with Gasteiger partial charge < -0.3 is 9.84 Å². The van der Waals surface area contributed by atoms with E-state index >= 15 is 0 Å². The number of hydrogen-bond acceptors (Lipinski definition) is 4. The standard InChI is InChI=1S/C6H14N2O4/c1-7(12-3)6(10)8(4-9)5-11-2/h9H,4-5H2,1-3H3. The number of amides is 2. The molecule has 0 spiro atoms. The first-order valence-corrected chi connectivity index (χ1v) is 3.33. The van der Waals surface area contributed by atoms with E-state index in [4.69, 9.17) is 5.11 Å². The molecule has 0 unspecified atom stereocenters. The van der Waals surface area contributed by atoms with Crippen LogP contribution in [0.5, 0.6) is 0 Å². The summed E-state index contributed by atoms with van der Waals surface area (Å²) in [7, 11) is 4.24. The quantitative estimate of drug-likeness (QED) is 0.463. The Kier molecular flexibility index (Phi) is 5.35. The lowest BCUT2D eigenvalue weighted by atomic mass is 10.7. The number of hydrogen-bond donors (Lipinski definition) is 1. The fourth-order valence-corrected chi connectivity index (χ4v) is 0.590. The molecule has 0 radical (unpaired) electrons. The average Bonchev–Trinajstić information content (AvgIpc) is 2.11. The maximum absolute atomic E-state index is 11.2. The van der Waals surface area contributed by atoms with E-state index in [1.54, 1.807) is 0 Å². The number of aliphatic hydroxyl groups excluding tert-OH is 1. The molecule has 1 N–H and O–H groups in total. The number of carbonyl (C=O) groups excluding carboxylic acids is 1. The van der Waals surface area contributed by atoms with Crippen LogP contribution in [-0.2, 0) is 9.57 Å². The van der Waals surface area contributed by atoms with Gasteiger partial charge in [-0.15, -0.1) is 0 Å². The summed E-state index contributed by atoms with van der Waals surface area (Å²) in [4.78, 5) is 16.9. The van der Waals surface area contributed by atoms with Crippen molar-refractivity contribution >= 4 is 6.03 Å². The Morgan fingerprint density at radius 1 is 1.50 bits per heavy atom. The number of rotatable bonds is 4. The van der Waals surface area contributed by atoms with Crippen molar-refractivity contribution in [2.75, 3.05) is 34.7 Å². The highest BCUT2D eigenvalue weighted by Gasteiger charge is 2.15. The first-order chi connectivity index (χ1) is 5.67. The molecule has 0 bridgehead atoms. The van der Waals surface area contributed by atoms with Crippen LogP contribution >= 0.6 is 0 Å². The highest BCUT2D eigenvalue weighted by molar-refractivity contribution is 5.72. The first kappa shape index (κ1) is 11.2. The van der Waals surface area contributed by atoms with Crippen molar-refractivity contribution in [3.05, 3.63) is 0 Å². The summed E-state index contributed by atoms with van der Waals surface area (Å²) >= 11 is 0. The molecule has 0 aliphatic heterocycles. The van der Waals surface area contributed by atoms with Crippen LogP contribution in [0.15, 0.2) is 0 Å². The largest absolute Gasteiger partial charge is 0.376 e. The maximum atomic E-state index is 11.2. The summed E-state index contributed by atoms with van der Waals surface area (Å²) in [6.45, 7) is -0.372. The third-order valence-corrected chi connectivity index (χ3v) is 1.27. The molecule has 0 aliphatic rings. The number of nitrogens with zero attached hydrogens (tertiary/aromatic N) is 2. The molecule has 0 saturated heterocycles.